The van der Waals surface area contributed by atoms with Gasteiger partial charge in [0.25, 0.3) is 0 Å². The number of nitrogens with zero attached hydrogens (tertiary/aromatic N) is 2. The Kier molecular flexibility index (Phi) is 5.20. The van der Waals surface area contributed by atoms with Gasteiger partial charge in [0.05, 0.1) is 6.20 Å². The third kappa shape index (κ3) is 3.82. The Labute approximate surface area is 110 Å². The first-order valence-electron chi connectivity index (χ1n) is 7.24. The van der Waals surface area contributed by atoms with E-state index in [-0.39, 0.29) is 0 Å². The highest BCUT2D eigenvalue weighted by Crippen LogP contribution is 2.12. The third-order valence-corrected chi connectivity index (χ3v) is 3.93. The molecule has 0 atom stereocenters. The van der Waals surface area contributed by atoms with E-state index in [1.54, 1.807) is 0 Å². The van der Waals surface area contributed by atoms with Crippen molar-refractivity contribution < 1.29 is 0 Å². The zero-order chi connectivity index (χ0) is 12.8. The van der Waals surface area contributed by atoms with Crippen LogP contribution < -0.4 is 5.32 Å². The normalized spacial score (nSPS) is 18.3. The first kappa shape index (κ1) is 13.6. The van der Waals surface area contributed by atoms with Gasteiger partial charge in [-0.05, 0) is 45.8 Å². The van der Waals surface area contributed by atoms with Crippen LogP contribution in [0.15, 0.2) is 6.20 Å². The Hall–Kier alpha value is -0.870. The van der Waals surface area contributed by atoms with Crippen LogP contribution in [0.1, 0.15) is 43.9 Å². The van der Waals surface area contributed by atoms with Crippen molar-refractivity contribution in [2.45, 2.75) is 52.1 Å². The molecule has 1 aromatic heterocycles. The summed E-state index contributed by atoms with van der Waals surface area (Å²) >= 11 is 0. The summed E-state index contributed by atoms with van der Waals surface area (Å²) in [6, 6.07) is 0.678. The number of H-pyrrole nitrogens is 1. The molecule has 1 aromatic rings. The molecule has 0 spiro atoms. The minimum Gasteiger partial charge on any atom is -0.310 e. The van der Waals surface area contributed by atoms with Crippen molar-refractivity contribution >= 4 is 0 Å². The molecule has 1 aliphatic heterocycles. The van der Waals surface area contributed by atoms with Crippen molar-refractivity contribution in [3.05, 3.63) is 17.5 Å². The number of likely N-dealkylation sites (tertiary alicyclic amines) is 1. The Morgan fingerprint density at radius 1 is 1.44 bits per heavy atom. The summed E-state index contributed by atoms with van der Waals surface area (Å²) in [6.07, 6.45) is 7.13. The molecule has 2 N–H and O–H groups in total. The molecule has 1 saturated heterocycles. The smallest absolute Gasteiger partial charge is 0.0535 e. The van der Waals surface area contributed by atoms with Crippen molar-refractivity contribution in [3.63, 3.8) is 0 Å². The van der Waals surface area contributed by atoms with Crippen molar-refractivity contribution in [1.29, 1.82) is 0 Å². The van der Waals surface area contributed by atoms with Crippen LogP contribution in [0, 0.1) is 6.92 Å². The summed E-state index contributed by atoms with van der Waals surface area (Å²) < 4.78 is 0. The summed E-state index contributed by atoms with van der Waals surface area (Å²) in [7, 11) is 0. The lowest BCUT2D eigenvalue weighted by atomic mass is 10.0. The second-order valence-corrected chi connectivity index (χ2v) is 5.37. The summed E-state index contributed by atoms with van der Waals surface area (Å²) in [6.45, 7) is 9.08. The predicted octanol–water partition coefficient (Wildman–Crippen LogP) is 2.07. The van der Waals surface area contributed by atoms with Crippen LogP contribution in [0.25, 0.3) is 0 Å². The van der Waals surface area contributed by atoms with Crippen molar-refractivity contribution in [2.24, 2.45) is 0 Å². The first-order chi connectivity index (χ1) is 8.79. The van der Waals surface area contributed by atoms with Gasteiger partial charge in [0.2, 0.25) is 0 Å². The molecule has 2 rings (SSSR count). The average Bonchev–Trinajstić information content (AvgIpc) is 2.81. The van der Waals surface area contributed by atoms with Crippen molar-refractivity contribution in [2.75, 3.05) is 19.6 Å². The molecule has 102 valence electrons. The second kappa shape index (κ2) is 6.90. The van der Waals surface area contributed by atoms with E-state index >= 15 is 0 Å². The highest BCUT2D eigenvalue weighted by Gasteiger charge is 2.18. The first-order valence-corrected chi connectivity index (χ1v) is 7.24. The SMILES string of the molecule is CCCCN1CCC(NCc2cn[nH]c2C)CC1. The number of aromatic amines is 1. The van der Waals surface area contributed by atoms with Crippen LogP contribution in [0.2, 0.25) is 0 Å². The zero-order valence-corrected chi connectivity index (χ0v) is 11.7. The maximum absolute atomic E-state index is 4.06. The van der Waals surface area contributed by atoms with Crippen molar-refractivity contribution in [3.8, 4) is 0 Å². The van der Waals surface area contributed by atoms with E-state index in [9.17, 15) is 0 Å². The average molecular weight is 250 g/mol. The minimum absolute atomic E-state index is 0.678. The molecule has 4 nitrogen and oxygen atoms in total. The Morgan fingerprint density at radius 3 is 2.83 bits per heavy atom. The van der Waals surface area contributed by atoms with Crippen LogP contribution in [0.3, 0.4) is 0 Å². The van der Waals surface area contributed by atoms with Crippen LogP contribution in [-0.2, 0) is 6.54 Å². The number of nitrogens with one attached hydrogen (secondary N) is 2. The van der Waals surface area contributed by atoms with E-state index in [1.165, 1.54) is 56.6 Å². The summed E-state index contributed by atoms with van der Waals surface area (Å²) in [5.41, 5.74) is 2.48. The minimum atomic E-state index is 0.678. The van der Waals surface area contributed by atoms with Gasteiger partial charge < -0.3 is 10.2 Å². The van der Waals surface area contributed by atoms with Gasteiger partial charge in [-0.25, -0.2) is 0 Å². The predicted molar refractivity (Wildman–Crippen MR) is 74.5 cm³/mol. The molecule has 0 unspecified atom stereocenters. The van der Waals surface area contributed by atoms with Gasteiger partial charge in [0, 0.05) is 23.8 Å². The van der Waals surface area contributed by atoms with Crippen LogP contribution in [0.4, 0.5) is 0 Å². The maximum atomic E-state index is 4.06. The van der Waals surface area contributed by atoms with E-state index in [0.717, 1.165) is 6.54 Å². The van der Waals surface area contributed by atoms with Gasteiger partial charge in [0.15, 0.2) is 0 Å². The van der Waals surface area contributed by atoms with Gasteiger partial charge in [-0.3, -0.25) is 5.10 Å². The number of unbranched alkanes of at least 4 members (excludes halogenated alkanes) is 1. The molecule has 1 aliphatic rings. The van der Waals surface area contributed by atoms with Crippen LogP contribution in [0.5, 0.6) is 0 Å². The number of rotatable bonds is 6. The summed E-state index contributed by atoms with van der Waals surface area (Å²) in [5, 5.41) is 10.7. The summed E-state index contributed by atoms with van der Waals surface area (Å²) in [5.74, 6) is 0. The third-order valence-electron chi connectivity index (χ3n) is 3.93. The molecular weight excluding hydrogens is 224 g/mol. The lowest BCUT2D eigenvalue weighted by Gasteiger charge is -2.32. The highest BCUT2D eigenvalue weighted by atomic mass is 15.1. The molecule has 0 saturated carbocycles. The molecule has 4 heteroatoms. The molecule has 0 amide bonds. The second-order valence-electron chi connectivity index (χ2n) is 5.37. The fourth-order valence-corrected chi connectivity index (χ4v) is 2.55. The van der Waals surface area contributed by atoms with Gasteiger partial charge in [-0.15, -0.1) is 0 Å². The number of hydrogen-bond acceptors (Lipinski definition) is 3. The Balaban J connectivity index is 1.66. The van der Waals surface area contributed by atoms with Crippen LogP contribution in [-0.4, -0.2) is 40.8 Å². The Morgan fingerprint density at radius 2 is 2.22 bits per heavy atom. The molecule has 2 heterocycles. The number of aromatic nitrogens is 2. The molecule has 0 aliphatic carbocycles. The number of aryl methyl sites for hydroxylation is 1. The molecular formula is C14H26N4. The molecule has 0 aromatic carbocycles. The van der Waals surface area contributed by atoms with Gasteiger partial charge in [-0.2, -0.15) is 5.10 Å². The zero-order valence-electron chi connectivity index (χ0n) is 11.7. The fraction of sp³-hybridized carbons (Fsp3) is 0.786. The number of hydrogen-bond donors (Lipinski definition) is 2. The summed E-state index contributed by atoms with van der Waals surface area (Å²) in [4.78, 5) is 2.60. The van der Waals surface area contributed by atoms with E-state index in [0.29, 0.717) is 6.04 Å². The van der Waals surface area contributed by atoms with Crippen LogP contribution >= 0.6 is 0 Å². The topological polar surface area (TPSA) is 44.0 Å². The maximum Gasteiger partial charge on any atom is 0.0535 e. The molecule has 1 fully saturated rings. The lowest BCUT2D eigenvalue weighted by molar-refractivity contribution is 0.195. The number of piperidine rings is 1. The van der Waals surface area contributed by atoms with E-state index in [1.807, 2.05) is 6.20 Å². The standard InChI is InChI=1S/C14H26N4/c1-3-4-7-18-8-5-14(6-9-18)15-10-13-11-16-17-12(13)2/h11,14-15H,3-10H2,1-2H3,(H,16,17). The molecule has 0 bridgehead atoms. The van der Waals surface area contributed by atoms with E-state index in [2.05, 4.69) is 34.3 Å². The van der Waals surface area contributed by atoms with Gasteiger partial charge in [0.1, 0.15) is 0 Å². The highest BCUT2D eigenvalue weighted by molar-refractivity contribution is 5.13. The largest absolute Gasteiger partial charge is 0.310 e. The fourth-order valence-electron chi connectivity index (χ4n) is 2.55. The van der Waals surface area contributed by atoms with Gasteiger partial charge in [-0.1, -0.05) is 13.3 Å². The van der Waals surface area contributed by atoms with Crippen molar-refractivity contribution in [1.82, 2.24) is 20.4 Å². The van der Waals surface area contributed by atoms with E-state index < -0.39 is 0 Å². The monoisotopic (exact) mass is 250 g/mol. The van der Waals surface area contributed by atoms with E-state index in [4.69, 9.17) is 0 Å². The Bertz CT molecular complexity index is 339. The molecule has 18 heavy (non-hydrogen) atoms. The van der Waals surface area contributed by atoms with Gasteiger partial charge >= 0.3 is 0 Å². The lowest BCUT2D eigenvalue weighted by Crippen LogP contribution is -2.42. The quantitative estimate of drug-likeness (QED) is 0.812. The molecule has 0 radical (unpaired) electrons.